The summed E-state index contributed by atoms with van der Waals surface area (Å²) < 4.78 is 1.74. The predicted octanol–water partition coefficient (Wildman–Crippen LogP) is 2.82. The Hall–Kier alpha value is -2.95. The lowest BCUT2D eigenvalue weighted by Gasteiger charge is -2.05. The topological polar surface area (TPSA) is 63.8 Å². The highest BCUT2D eigenvalue weighted by Crippen LogP contribution is 2.22. The Balaban J connectivity index is 1.78. The second-order valence-electron chi connectivity index (χ2n) is 4.99. The van der Waals surface area contributed by atoms with E-state index in [0.29, 0.717) is 13.0 Å². The third-order valence-corrected chi connectivity index (χ3v) is 3.42. The Labute approximate surface area is 128 Å². The lowest BCUT2D eigenvalue weighted by molar-refractivity contribution is 0.475. The molecule has 5 nitrogen and oxygen atoms in total. The quantitative estimate of drug-likeness (QED) is 0.734. The molecule has 5 heteroatoms. The summed E-state index contributed by atoms with van der Waals surface area (Å²) in [4.78, 5) is 0. The lowest BCUT2D eigenvalue weighted by Crippen LogP contribution is -2.04. The van der Waals surface area contributed by atoms with Gasteiger partial charge in [0.1, 0.15) is 5.75 Å². The molecule has 0 saturated carbocycles. The summed E-state index contributed by atoms with van der Waals surface area (Å²) in [6, 6.07) is 15.4. The first-order chi connectivity index (χ1) is 10.8. The van der Waals surface area contributed by atoms with Crippen molar-refractivity contribution in [3.63, 3.8) is 0 Å². The molecule has 1 heterocycles. The normalized spacial score (nSPS) is 10.5. The van der Waals surface area contributed by atoms with Gasteiger partial charge in [0, 0.05) is 6.42 Å². The number of hydrogen-bond donors (Lipinski definition) is 1. The summed E-state index contributed by atoms with van der Waals surface area (Å²) in [6.07, 6.45) is 2.45. The fourth-order valence-electron chi connectivity index (χ4n) is 2.27. The van der Waals surface area contributed by atoms with E-state index in [-0.39, 0.29) is 5.75 Å². The summed E-state index contributed by atoms with van der Waals surface area (Å²) in [5.41, 5.74) is 3.32. The van der Waals surface area contributed by atoms with Gasteiger partial charge in [-0.2, -0.15) is 0 Å². The van der Waals surface area contributed by atoms with Crippen LogP contribution in [0.4, 0.5) is 0 Å². The molecule has 22 heavy (non-hydrogen) atoms. The van der Waals surface area contributed by atoms with E-state index in [1.807, 2.05) is 12.1 Å². The Morgan fingerprint density at radius 3 is 2.27 bits per heavy atom. The molecular weight excluding hydrogens is 276 g/mol. The van der Waals surface area contributed by atoms with Crippen LogP contribution in [0.25, 0.3) is 11.1 Å². The molecular formula is C17H16N4O. The van der Waals surface area contributed by atoms with Crippen molar-refractivity contribution < 1.29 is 5.11 Å². The van der Waals surface area contributed by atoms with Crippen LogP contribution in [0.5, 0.6) is 5.75 Å². The number of benzene rings is 2. The van der Waals surface area contributed by atoms with E-state index >= 15 is 0 Å². The monoisotopic (exact) mass is 292 g/mol. The number of aromatic nitrogens is 4. The van der Waals surface area contributed by atoms with Crippen molar-refractivity contribution in [2.45, 2.75) is 13.0 Å². The molecule has 3 aromatic rings. The first-order valence-electron chi connectivity index (χ1n) is 7.00. The van der Waals surface area contributed by atoms with Crippen molar-refractivity contribution >= 4 is 0 Å². The van der Waals surface area contributed by atoms with Crippen LogP contribution in [0.3, 0.4) is 0 Å². The van der Waals surface area contributed by atoms with Crippen molar-refractivity contribution in [2.24, 2.45) is 0 Å². The van der Waals surface area contributed by atoms with Gasteiger partial charge in [-0.05, 0) is 39.2 Å². The summed E-state index contributed by atoms with van der Waals surface area (Å²) in [5.74, 6) is 1.09. The first-order valence-corrected chi connectivity index (χ1v) is 7.00. The summed E-state index contributed by atoms with van der Waals surface area (Å²) in [5, 5.41) is 21.0. The largest absolute Gasteiger partial charge is 0.508 e. The fraction of sp³-hybridized carbons (Fsp3) is 0.118. The van der Waals surface area contributed by atoms with Crippen LogP contribution in [0.2, 0.25) is 0 Å². The Bertz CT molecular complexity index is 760. The summed E-state index contributed by atoms with van der Waals surface area (Å²) in [7, 11) is 0. The van der Waals surface area contributed by atoms with Gasteiger partial charge in [0.25, 0.3) is 0 Å². The molecule has 1 N–H and O–H groups in total. The van der Waals surface area contributed by atoms with Gasteiger partial charge in [-0.25, -0.2) is 4.68 Å². The zero-order valence-corrected chi connectivity index (χ0v) is 12.1. The van der Waals surface area contributed by atoms with E-state index in [1.54, 1.807) is 22.9 Å². The fourth-order valence-corrected chi connectivity index (χ4v) is 2.27. The summed E-state index contributed by atoms with van der Waals surface area (Å²) >= 11 is 0. The smallest absolute Gasteiger partial charge is 0.155 e. The van der Waals surface area contributed by atoms with E-state index in [0.717, 1.165) is 22.5 Å². The highest BCUT2D eigenvalue weighted by molar-refractivity contribution is 5.64. The van der Waals surface area contributed by atoms with Crippen LogP contribution in [-0.2, 0) is 13.0 Å². The Kier molecular flexibility index (Phi) is 3.96. The van der Waals surface area contributed by atoms with E-state index in [1.165, 1.54) is 0 Å². The molecule has 0 bridgehead atoms. The highest BCUT2D eigenvalue weighted by atomic mass is 16.3. The van der Waals surface area contributed by atoms with E-state index in [9.17, 15) is 5.11 Å². The molecule has 0 aliphatic rings. The average Bonchev–Trinajstić information content (AvgIpc) is 2.97. The molecule has 2 aromatic carbocycles. The van der Waals surface area contributed by atoms with Crippen LogP contribution < -0.4 is 0 Å². The van der Waals surface area contributed by atoms with Gasteiger partial charge in [-0.1, -0.05) is 42.5 Å². The van der Waals surface area contributed by atoms with Gasteiger partial charge in [0.05, 0.1) is 6.54 Å². The van der Waals surface area contributed by atoms with Crippen molar-refractivity contribution in [3.8, 4) is 16.9 Å². The second-order valence-corrected chi connectivity index (χ2v) is 4.99. The minimum absolute atomic E-state index is 0.273. The zero-order chi connectivity index (χ0) is 15.4. The van der Waals surface area contributed by atoms with Crippen molar-refractivity contribution in [1.82, 2.24) is 20.2 Å². The lowest BCUT2D eigenvalue weighted by atomic mass is 10.0. The van der Waals surface area contributed by atoms with Gasteiger partial charge in [-0.15, -0.1) is 11.7 Å². The van der Waals surface area contributed by atoms with Crippen molar-refractivity contribution in [1.29, 1.82) is 0 Å². The average molecular weight is 292 g/mol. The number of allylic oxidation sites excluding steroid dienone is 1. The number of phenolic OH excluding ortho intramolecular Hbond substituents is 1. The van der Waals surface area contributed by atoms with E-state index < -0.39 is 0 Å². The third-order valence-electron chi connectivity index (χ3n) is 3.42. The molecule has 0 unspecified atom stereocenters. The van der Waals surface area contributed by atoms with Gasteiger partial charge in [0.2, 0.25) is 0 Å². The van der Waals surface area contributed by atoms with Crippen LogP contribution in [0, 0.1) is 0 Å². The van der Waals surface area contributed by atoms with Crippen LogP contribution in [0.15, 0.2) is 61.2 Å². The second kappa shape index (κ2) is 6.22. The molecule has 0 saturated heterocycles. The number of rotatable bonds is 5. The molecule has 0 atom stereocenters. The standard InChI is InChI=1S/C17H16N4O/c1-2-11-21-17(18-19-20-21)12-13-3-5-14(6-4-13)15-7-9-16(22)10-8-15/h2-10,22H,1,11-12H2. The minimum Gasteiger partial charge on any atom is -0.508 e. The van der Waals surface area contributed by atoms with Gasteiger partial charge in [0.15, 0.2) is 5.82 Å². The number of hydrogen-bond acceptors (Lipinski definition) is 4. The number of phenols is 1. The van der Waals surface area contributed by atoms with E-state index in [4.69, 9.17) is 0 Å². The molecule has 110 valence electrons. The Morgan fingerprint density at radius 1 is 1.00 bits per heavy atom. The molecule has 3 rings (SSSR count). The first kappa shape index (κ1) is 14.0. The van der Waals surface area contributed by atoms with Gasteiger partial charge in [-0.3, -0.25) is 0 Å². The van der Waals surface area contributed by atoms with Crippen molar-refractivity contribution in [3.05, 3.63) is 72.6 Å². The van der Waals surface area contributed by atoms with E-state index in [2.05, 4.69) is 46.4 Å². The van der Waals surface area contributed by atoms with Gasteiger partial charge < -0.3 is 5.11 Å². The SMILES string of the molecule is C=CCn1nnnc1Cc1ccc(-c2ccc(O)cc2)cc1. The number of aromatic hydroxyl groups is 1. The number of tetrazole rings is 1. The van der Waals surface area contributed by atoms with Crippen LogP contribution in [-0.4, -0.2) is 25.3 Å². The zero-order valence-electron chi connectivity index (χ0n) is 12.1. The Morgan fingerprint density at radius 2 is 1.64 bits per heavy atom. The van der Waals surface area contributed by atoms with Gasteiger partial charge >= 0.3 is 0 Å². The molecule has 0 fully saturated rings. The molecule has 0 amide bonds. The maximum absolute atomic E-state index is 9.33. The highest BCUT2D eigenvalue weighted by Gasteiger charge is 2.06. The van der Waals surface area contributed by atoms with Crippen LogP contribution in [0.1, 0.15) is 11.4 Å². The maximum Gasteiger partial charge on any atom is 0.155 e. The molecule has 0 aliphatic heterocycles. The molecule has 0 aliphatic carbocycles. The van der Waals surface area contributed by atoms with Crippen LogP contribution >= 0.6 is 0 Å². The number of nitrogens with zero attached hydrogens (tertiary/aromatic N) is 4. The molecule has 0 spiro atoms. The van der Waals surface area contributed by atoms with Crippen molar-refractivity contribution in [2.75, 3.05) is 0 Å². The maximum atomic E-state index is 9.33. The predicted molar refractivity (Wildman–Crippen MR) is 84.4 cm³/mol. The molecule has 1 aromatic heterocycles. The minimum atomic E-state index is 0.273. The third kappa shape index (κ3) is 3.03. The molecule has 0 radical (unpaired) electrons. The summed E-state index contributed by atoms with van der Waals surface area (Å²) in [6.45, 7) is 4.31.